The largest absolute Gasteiger partial charge is 0.333 e. The maximum absolute atomic E-state index is 12.1. The van der Waals surface area contributed by atoms with Gasteiger partial charge in [-0.3, -0.25) is 5.43 Å². The molecule has 2 saturated carbocycles. The number of hydrogen-bond acceptors (Lipinski definition) is 2. The van der Waals surface area contributed by atoms with Crippen molar-refractivity contribution in [2.45, 2.75) is 32.6 Å². The lowest BCUT2D eigenvalue weighted by Gasteiger charge is -2.23. The third-order valence-electron chi connectivity index (χ3n) is 4.00. The van der Waals surface area contributed by atoms with Crippen molar-refractivity contribution in [3.05, 3.63) is 29.8 Å². The van der Waals surface area contributed by atoms with Gasteiger partial charge in [-0.2, -0.15) is 0 Å². The first-order valence-electron chi connectivity index (χ1n) is 7.59. The topological polar surface area (TPSA) is 44.4 Å². The second kappa shape index (κ2) is 5.83. The second-order valence-corrected chi connectivity index (χ2v) is 6.17. The Morgan fingerprint density at radius 3 is 2.30 bits per heavy atom. The molecule has 0 saturated heterocycles. The molecule has 0 heterocycles. The molecule has 0 radical (unpaired) electrons. The standard InChI is InChI=1S/C16H23N3O/c1-12-4-2-3-5-15(12)17-16(20)18-19(10-13-6-7-13)11-14-8-9-14/h2-5,13-14H,6-11H2,1H3,(H2,17,18,20). The second-order valence-electron chi connectivity index (χ2n) is 6.17. The molecule has 2 N–H and O–H groups in total. The zero-order valence-corrected chi connectivity index (χ0v) is 12.1. The fourth-order valence-corrected chi connectivity index (χ4v) is 2.40. The number of aryl methyl sites for hydroxylation is 1. The van der Waals surface area contributed by atoms with E-state index >= 15 is 0 Å². The van der Waals surface area contributed by atoms with E-state index in [-0.39, 0.29) is 6.03 Å². The molecule has 0 atom stereocenters. The third kappa shape index (κ3) is 3.97. The van der Waals surface area contributed by atoms with Gasteiger partial charge in [-0.25, -0.2) is 9.80 Å². The summed E-state index contributed by atoms with van der Waals surface area (Å²) in [6.07, 6.45) is 5.23. The molecule has 2 amide bonds. The number of hydrogen-bond donors (Lipinski definition) is 2. The first-order chi connectivity index (χ1) is 9.70. The van der Waals surface area contributed by atoms with E-state index in [2.05, 4.69) is 15.8 Å². The van der Waals surface area contributed by atoms with Crippen molar-refractivity contribution in [3.63, 3.8) is 0 Å². The predicted molar refractivity (Wildman–Crippen MR) is 80.4 cm³/mol. The van der Waals surface area contributed by atoms with E-state index in [4.69, 9.17) is 0 Å². The molecule has 1 aromatic rings. The molecule has 0 aromatic heterocycles. The number of para-hydroxylation sites is 1. The minimum atomic E-state index is -0.124. The molecule has 0 unspecified atom stereocenters. The molecule has 2 fully saturated rings. The minimum Gasteiger partial charge on any atom is -0.307 e. The Balaban J connectivity index is 1.53. The van der Waals surface area contributed by atoms with Crippen LogP contribution in [0.2, 0.25) is 0 Å². The number of carbonyl (C=O) groups excluding carboxylic acids is 1. The number of benzene rings is 1. The zero-order chi connectivity index (χ0) is 13.9. The maximum atomic E-state index is 12.1. The fraction of sp³-hybridized carbons (Fsp3) is 0.562. The van der Waals surface area contributed by atoms with E-state index in [9.17, 15) is 4.79 Å². The molecule has 0 spiro atoms. The predicted octanol–water partition coefficient (Wildman–Crippen LogP) is 3.15. The Labute approximate surface area is 120 Å². The number of anilines is 1. The molecule has 4 heteroatoms. The van der Waals surface area contributed by atoms with Crippen LogP contribution < -0.4 is 10.7 Å². The van der Waals surface area contributed by atoms with Crippen molar-refractivity contribution in [2.24, 2.45) is 11.8 Å². The van der Waals surface area contributed by atoms with Gasteiger partial charge in [0.15, 0.2) is 0 Å². The minimum absolute atomic E-state index is 0.124. The van der Waals surface area contributed by atoms with Crippen LogP contribution in [0.25, 0.3) is 0 Å². The molecule has 4 nitrogen and oxygen atoms in total. The molecule has 108 valence electrons. The molecule has 20 heavy (non-hydrogen) atoms. The number of nitrogens with zero attached hydrogens (tertiary/aromatic N) is 1. The van der Waals surface area contributed by atoms with Gasteiger partial charge in [0.1, 0.15) is 0 Å². The average Bonchev–Trinajstić information content (AvgIpc) is 3.28. The lowest BCUT2D eigenvalue weighted by molar-refractivity contribution is 0.174. The molecular weight excluding hydrogens is 250 g/mol. The van der Waals surface area contributed by atoms with Crippen LogP contribution in [-0.2, 0) is 0 Å². The van der Waals surface area contributed by atoms with E-state index in [1.807, 2.05) is 31.2 Å². The fourth-order valence-electron chi connectivity index (χ4n) is 2.40. The van der Waals surface area contributed by atoms with Crippen molar-refractivity contribution < 1.29 is 4.79 Å². The number of amides is 2. The van der Waals surface area contributed by atoms with E-state index in [1.165, 1.54) is 25.7 Å². The number of carbonyl (C=O) groups is 1. The molecule has 0 aliphatic heterocycles. The van der Waals surface area contributed by atoms with Crippen molar-refractivity contribution in [1.29, 1.82) is 0 Å². The van der Waals surface area contributed by atoms with Gasteiger partial charge >= 0.3 is 6.03 Å². The van der Waals surface area contributed by atoms with Gasteiger partial charge in [0, 0.05) is 18.8 Å². The van der Waals surface area contributed by atoms with Crippen LogP contribution in [0.3, 0.4) is 0 Å². The summed E-state index contributed by atoms with van der Waals surface area (Å²) in [6, 6.07) is 7.73. The van der Waals surface area contributed by atoms with Crippen LogP contribution in [0.1, 0.15) is 31.2 Å². The summed E-state index contributed by atoms with van der Waals surface area (Å²) in [5.41, 5.74) is 4.98. The number of urea groups is 1. The smallest absolute Gasteiger partial charge is 0.307 e. The number of rotatable bonds is 6. The van der Waals surface area contributed by atoms with Crippen LogP contribution in [-0.4, -0.2) is 24.1 Å². The number of hydrazine groups is 1. The number of nitrogens with one attached hydrogen (secondary N) is 2. The van der Waals surface area contributed by atoms with Crippen LogP contribution in [0.15, 0.2) is 24.3 Å². The molecule has 2 aliphatic rings. The molecule has 3 rings (SSSR count). The van der Waals surface area contributed by atoms with E-state index in [1.54, 1.807) is 0 Å². The highest BCUT2D eigenvalue weighted by Gasteiger charge is 2.29. The van der Waals surface area contributed by atoms with E-state index in [0.717, 1.165) is 36.2 Å². The van der Waals surface area contributed by atoms with Gasteiger partial charge in [-0.05, 0) is 56.1 Å². The van der Waals surface area contributed by atoms with E-state index in [0.29, 0.717) is 0 Å². The van der Waals surface area contributed by atoms with Gasteiger partial charge < -0.3 is 5.32 Å². The summed E-state index contributed by atoms with van der Waals surface area (Å²) in [6.45, 7) is 4.00. The van der Waals surface area contributed by atoms with Crippen molar-refractivity contribution in [1.82, 2.24) is 10.4 Å². The highest BCUT2D eigenvalue weighted by Crippen LogP contribution is 2.33. The summed E-state index contributed by atoms with van der Waals surface area (Å²) in [5, 5.41) is 5.05. The summed E-state index contributed by atoms with van der Waals surface area (Å²) < 4.78 is 0. The highest BCUT2D eigenvalue weighted by atomic mass is 16.2. The van der Waals surface area contributed by atoms with E-state index < -0.39 is 0 Å². The first kappa shape index (κ1) is 13.4. The maximum Gasteiger partial charge on any atom is 0.333 e. The highest BCUT2D eigenvalue weighted by molar-refractivity contribution is 5.89. The van der Waals surface area contributed by atoms with Crippen LogP contribution in [0, 0.1) is 18.8 Å². The van der Waals surface area contributed by atoms with Gasteiger partial charge in [0.05, 0.1) is 0 Å². The van der Waals surface area contributed by atoms with Crippen molar-refractivity contribution >= 4 is 11.7 Å². The first-order valence-corrected chi connectivity index (χ1v) is 7.59. The average molecular weight is 273 g/mol. The van der Waals surface area contributed by atoms with Gasteiger partial charge in [-0.1, -0.05) is 18.2 Å². The normalized spacial score (nSPS) is 18.1. The Kier molecular flexibility index (Phi) is 3.92. The third-order valence-corrected chi connectivity index (χ3v) is 4.00. The quantitative estimate of drug-likeness (QED) is 0.782. The van der Waals surface area contributed by atoms with Crippen LogP contribution in [0.4, 0.5) is 10.5 Å². The van der Waals surface area contributed by atoms with Crippen LogP contribution >= 0.6 is 0 Å². The summed E-state index contributed by atoms with van der Waals surface area (Å²) in [7, 11) is 0. The Bertz CT molecular complexity index is 466. The van der Waals surface area contributed by atoms with Crippen molar-refractivity contribution in [2.75, 3.05) is 18.4 Å². The SMILES string of the molecule is Cc1ccccc1NC(=O)NN(CC1CC1)CC1CC1. The Hall–Kier alpha value is -1.55. The molecular formula is C16H23N3O. The summed E-state index contributed by atoms with van der Waals surface area (Å²) in [4.78, 5) is 12.1. The molecule has 2 aliphatic carbocycles. The monoisotopic (exact) mass is 273 g/mol. The van der Waals surface area contributed by atoms with Gasteiger partial charge in [0.2, 0.25) is 0 Å². The zero-order valence-electron chi connectivity index (χ0n) is 12.1. The summed E-state index contributed by atoms with van der Waals surface area (Å²) >= 11 is 0. The van der Waals surface area contributed by atoms with Crippen molar-refractivity contribution in [3.8, 4) is 0 Å². The van der Waals surface area contributed by atoms with Gasteiger partial charge in [-0.15, -0.1) is 0 Å². The lowest BCUT2D eigenvalue weighted by Crippen LogP contribution is -2.46. The summed E-state index contributed by atoms with van der Waals surface area (Å²) in [5.74, 6) is 1.57. The lowest BCUT2D eigenvalue weighted by atomic mass is 10.2. The molecule has 0 bridgehead atoms. The Morgan fingerprint density at radius 2 is 1.75 bits per heavy atom. The Morgan fingerprint density at radius 1 is 1.15 bits per heavy atom. The molecule has 1 aromatic carbocycles. The van der Waals surface area contributed by atoms with Crippen LogP contribution in [0.5, 0.6) is 0 Å². The van der Waals surface area contributed by atoms with Gasteiger partial charge in [0.25, 0.3) is 0 Å².